The van der Waals surface area contributed by atoms with E-state index in [0.717, 1.165) is 22.4 Å². The highest BCUT2D eigenvalue weighted by molar-refractivity contribution is 5.90. The molecule has 0 amide bonds. The van der Waals surface area contributed by atoms with Gasteiger partial charge >= 0.3 is 5.97 Å². The molecule has 0 saturated carbocycles. The molecule has 2 aromatic carbocycles. The van der Waals surface area contributed by atoms with Crippen LogP contribution in [0.15, 0.2) is 73.1 Å². The van der Waals surface area contributed by atoms with E-state index in [-0.39, 0.29) is 5.97 Å². The van der Waals surface area contributed by atoms with Crippen molar-refractivity contribution in [1.82, 2.24) is 4.98 Å². The molecule has 0 aliphatic heterocycles. The molecule has 0 aliphatic carbocycles. The van der Waals surface area contributed by atoms with E-state index in [4.69, 9.17) is 9.47 Å². The van der Waals surface area contributed by atoms with Crippen LogP contribution in [0.2, 0.25) is 0 Å². The van der Waals surface area contributed by atoms with Gasteiger partial charge in [0, 0.05) is 6.20 Å². The molecule has 4 nitrogen and oxygen atoms in total. The summed E-state index contributed by atoms with van der Waals surface area (Å²) in [4.78, 5) is 15.8. The third-order valence-electron chi connectivity index (χ3n) is 3.70. The Morgan fingerprint density at radius 3 is 2.56 bits per heavy atom. The van der Waals surface area contributed by atoms with Crippen LogP contribution in [0.5, 0.6) is 5.75 Å². The van der Waals surface area contributed by atoms with E-state index < -0.39 is 0 Å². The van der Waals surface area contributed by atoms with Crippen LogP contribution in [0, 0.1) is 0 Å². The van der Waals surface area contributed by atoms with Gasteiger partial charge in [0.2, 0.25) is 0 Å². The van der Waals surface area contributed by atoms with Crippen LogP contribution in [0.3, 0.4) is 0 Å². The topological polar surface area (TPSA) is 48.4 Å². The first kappa shape index (κ1) is 16.7. The summed E-state index contributed by atoms with van der Waals surface area (Å²) in [7, 11) is 0. The highest BCUT2D eigenvalue weighted by atomic mass is 16.5. The van der Waals surface area contributed by atoms with E-state index >= 15 is 0 Å². The summed E-state index contributed by atoms with van der Waals surface area (Å²) < 4.78 is 10.7. The van der Waals surface area contributed by atoms with E-state index in [1.54, 1.807) is 31.5 Å². The molecular formula is C21H19NO3. The smallest absolute Gasteiger partial charge is 0.338 e. The quantitative estimate of drug-likeness (QED) is 0.623. The van der Waals surface area contributed by atoms with Gasteiger partial charge in [0.15, 0.2) is 0 Å². The van der Waals surface area contributed by atoms with Crippen LogP contribution in [0.25, 0.3) is 11.1 Å². The SMILES string of the molecule is CCOC(=O)c1ccc(-c2cccc(COc3cccnc3)c2)cc1. The molecule has 4 heteroatoms. The first-order chi connectivity index (χ1) is 12.3. The van der Waals surface area contributed by atoms with Gasteiger partial charge in [-0.1, -0.05) is 30.3 Å². The minimum atomic E-state index is -0.298. The summed E-state index contributed by atoms with van der Waals surface area (Å²) in [6.07, 6.45) is 3.41. The maximum absolute atomic E-state index is 11.7. The Morgan fingerprint density at radius 1 is 1.00 bits per heavy atom. The highest BCUT2D eigenvalue weighted by Gasteiger charge is 2.07. The number of pyridine rings is 1. The lowest BCUT2D eigenvalue weighted by Gasteiger charge is -2.08. The Balaban J connectivity index is 1.71. The zero-order valence-corrected chi connectivity index (χ0v) is 14.0. The number of esters is 1. The zero-order valence-electron chi connectivity index (χ0n) is 14.0. The van der Waals surface area contributed by atoms with Gasteiger partial charge in [-0.3, -0.25) is 4.98 Å². The number of nitrogens with zero attached hydrogens (tertiary/aromatic N) is 1. The van der Waals surface area contributed by atoms with Crippen LogP contribution in [0.4, 0.5) is 0 Å². The van der Waals surface area contributed by atoms with E-state index in [0.29, 0.717) is 18.8 Å². The number of aromatic nitrogens is 1. The van der Waals surface area contributed by atoms with Gasteiger partial charge < -0.3 is 9.47 Å². The molecule has 0 unspecified atom stereocenters. The second kappa shape index (κ2) is 8.11. The third-order valence-corrected chi connectivity index (χ3v) is 3.70. The number of carbonyl (C=O) groups excluding carboxylic acids is 1. The van der Waals surface area contributed by atoms with Gasteiger partial charge in [-0.25, -0.2) is 4.79 Å². The van der Waals surface area contributed by atoms with Crippen molar-refractivity contribution in [3.63, 3.8) is 0 Å². The zero-order chi connectivity index (χ0) is 17.5. The van der Waals surface area contributed by atoms with Crippen LogP contribution < -0.4 is 4.74 Å². The summed E-state index contributed by atoms with van der Waals surface area (Å²) in [5.74, 6) is 0.444. The molecular weight excluding hydrogens is 314 g/mol. The number of hydrogen-bond donors (Lipinski definition) is 0. The molecule has 0 fully saturated rings. The summed E-state index contributed by atoms with van der Waals surface area (Å²) >= 11 is 0. The monoisotopic (exact) mass is 333 g/mol. The molecule has 3 aromatic rings. The molecule has 126 valence electrons. The number of hydrogen-bond acceptors (Lipinski definition) is 4. The minimum absolute atomic E-state index is 0.298. The molecule has 0 atom stereocenters. The van der Waals surface area contributed by atoms with Crippen LogP contribution in [0.1, 0.15) is 22.8 Å². The lowest BCUT2D eigenvalue weighted by molar-refractivity contribution is 0.0526. The third kappa shape index (κ3) is 4.44. The Labute approximate surface area is 147 Å². The molecule has 3 rings (SSSR count). The Morgan fingerprint density at radius 2 is 1.84 bits per heavy atom. The van der Waals surface area contributed by atoms with Gasteiger partial charge in [0.05, 0.1) is 18.4 Å². The number of ether oxygens (including phenoxy) is 2. The lowest BCUT2D eigenvalue weighted by atomic mass is 10.0. The van der Waals surface area contributed by atoms with E-state index in [9.17, 15) is 4.79 Å². The molecule has 1 heterocycles. The van der Waals surface area contributed by atoms with Crippen molar-refractivity contribution in [2.45, 2.75) is 13.5 Å². The maximum atomic E-state index is 11.7. The Bertz CT molecular complexity index is 829. The van der Waals surface area contributed by atoms with E-state index in [1.807, 2.05) is 42.5 Å². The first-order valence-corrected chi connectivity index (χ1v) is 8.15. The Kier molecular flexibility index (Phi) is 5.42. The normalized spacial score (nSPS) is 10.3. The summed E-state index contributed by atoms with van der Waals surface area (Å²) in [5, 5.41) is 0. The molecule has 0 aliphatic rings. The molecule has 0 N–H and O–H groups in total. The number of rotatable bonds is 6. The predicted molar refractivity (Wildman–Crippen MR) is 96.4 cm³/mol. The van der Waals surface area contributed by atoms with Crippen molar-refractivity contribution in [2.24, 2.45) is 0 Å². The fourth-order valence-electron chi connectivity index (χ4n) is 2.45. The summed E-state index contributed by atoms with van der Waals surface area (Å²) in [6.45, 7) is 2.64. The van der Waals surface area contributed by atoms with Crippen LogP contribution in [-0.4, -0.2) is 17.6 Å². The number of benzene rings is 2. The fraction of sp³-hybridized carbons (Fsp3) is 0.143. The molecule has 0 spiro atoms. The van der Waals surface area contributed by atoms with Gasteiger partial charge in [0.1, 0.15) is 12.4 Å². The highest BCUT2D eigenvalue weighted by Crippen LogP contribution is 2.22. The molecule has 0 radical (unpaired) electrons. The van der Waals surface area contributed by atoms with Crippen molar-refractivity contribution in [2.75, 3.05) is 6.61 Å². The lowest BCUT2D eigenvalue weighted by Crippen LogP contribution is -2.04. The average molecular weight is 333 g/mol. The fourth-order valence-corrected chi connectivity index (χ4v) is 2.45. The molecule has 25 heavy (non-hydrogen) atoms. The van der Waals surface area contributed by atoms with Crippen LogP contribution >= 0.6 is 0 Å². The average Bonchev–Trinajstić information content (AvgIpc) is 2.68. The van der Waals surface area contributed by atoms with E-state index in [2.05, 4.69) is 11.1 Å². The molecule has 0 bridgehead atoms. The van der Waals surface area contributed by atoms with Gasteiger partial charge in [-0.15, -0.1) is 0 Å². The standard InChI is InChI=1S/C21H19NO3/c1-2-24-21(23)18-10-8-17(9-11-18)19-6-3-5-16(13-19)15-25-20-7-4-12-22-14-20/h3-14H,2,15H2,1H3. The van der Waals surface area contributed by atoms with E-state index in [1.165, 1.54) is 0 Å². The van der Waals surface area contributed by atoms with Gasteiger partial charge in [-0.2, -0.15) is 0 Å². The predicted octanol–water partition coefficient (Wildman–Crippen LogP) is 4.50. The van der Waals surface area contributed by atoms with Gasteiger partial charge in [0.25, 0.3) is 0 Å². The first-order valence-electron chi connectivity index (χ1n) is 8.15. The van der Waals surface area contributed by atoms with Crippen molar-refractivity contribution < 1.29 is 14.3 Å². The molecule has 0 saturated heterocycles. The van der Waals surface area contributed by atoms with Crippen molar-refractivity contribution in [1.29, 1.82) is 0 Å². The van der Waals surface area contributed by atoms with Crippen molar-refractivity contribution >= 4 is 5.97 Å². The second-order valence-electron chi connectivity index (χ2n) is 5.48. The largest absolute Gasteiger partial charge is 0.487 e. The number of carbonyl (C=O) groups is 1. The second-order valence-corrected chi connectivity index (χ2v) is 5.48. The summed E-state index contributed by atoms with van der Waals surface area (Å²) in [5.41, 5.74) is 3.73. The van der Waals surface area contributed by atoms with Crippen molar-refractivity contribution in [3.05, 3.63) is 84.2 Å². The minimum Gasteiger partial charge on any atom is -0.487 e. The Hall–Kier alpha value is -3.14. The summed E-state index contributed by atoms with van der Waals surface area (Å²) in [6, 6.07) is 19.3. The molecule has 1 aromatic heterocycles. The van der Waals surface area contributed by atoms with Gasteiger partial charge in [-0.05, 0) is 53.9 Å². The maximum Gasteiger partial charge on any atom is 0.338 e. The van der Waals surface area contributed by atoms with Crippen molar-refractivity contribution in [3.8, 4) is 16.9 Å². The van der Waals surface area contributed by atoms with Crippen LogP contribution in [-0.2, 0) is 11.3 Å².